The van der Waals surface area contributed by atoms with Gasteiger partial charge in [0, 0.05) is 24.1 Å². The van der Waals surface area contributed by atoms with Crippen molar-refractivity contribution in [3.05, 3.63) is 24.0 Å². The zero-order valence-corrected chi connectivity index (χ0v) is 11.1. The van der Waals surface area contributed by atoms with E-state index in [9.17, 15) is 4.79 Å². The summed E-state index contributed by atoms with van der Waals surface area (Å²) >= 11 is 0. The molecule has 1 aromatic rings. The fourth-order valence-corrected chi connectivity index (χ4v) is 2.59. The van der Waals surface area contributed by atoms with Crippen molar-refractivity contribution in [2.24, 2.45) is 5.41 Å². The molecule has 4 nitrogen and oxygen atoms in total. The highest BCUT2D eigenvalue weighted by Crippen LogP contribution is 2.35. The molecule has 1 aliphatic rings. The number of nitrogens with zero attached hydrogens (tertiary/aromatic N) is 1. The molecule has 1 heterocycles. The molecule has 1 aromatic heterocycles. The molecule has 0 spiro atoms. The van der Waals surface area contributed by atoms with Crippen molar-refractivity contribution in [2.75, 3.05) is 5.73 Å². The lowest BCUT2D eigenvalue weighted by Crippen LogP contribution is -2.46. The predicted molar refractivity (Wildman–Crippen MR) is 72.2 cm³/mol. The number of pyridine rings is 1. The summed E-state index contributed by atoms with van der Waals surface area (Å²) in [4.78, 5) is 16.1. The number of carbonyl (C=O) groups excluding carboxylic acids is 1. The first-order valence-corrected chi connectivity index (χ1v) is 6.51. The van der Waals surface area contributed by atoms with Crippen LogP contribution in [0.2, 0.25) is 0 Å². The van der Waals surface area contributed by atoms with E-state index in [2.05, 4.69) is 24.1 Å². The van der Waals surface area contributed by atoms with Crippen LogP contribution in [0.25, 0.3) is 0 Å². The minimum Gasteiger partial charge on any atom is -0.398 e. The summed E-state index contributed by atoms with van der Waals surface area (Å²) in [6.45, 7) is 4.42. The first-order valence-electron chi connectivity index (χ1n) is 6.51. The number of rotatable bonds is 2. The van der Waals surface area contributed by atoms with Crippen LogP contribution in [0.1, 0.15) is 49.9 Å². The third-order valence-corrected chi connectivity index (χ3v) is 3.91. The van der Waals surface area contributed by atoms with Crippen LogP contribution >= 0.6 is 0 Å². The van der Waals surface area contributed by atoms with Gasteiger partial charge in [-0.15, -0.1) is 0 Å². The second-order valence-electron chi connectivity index (χ2n) is 5.72. The average molecular weight is 247 g/mol. The second-order valence-corrected chi connectivity index (χ2v) is 5.72. The van der Waals surface area contributed by atoms with E-state index in [-0.39, 0.29) is 17.4 Å². The molecule has 3 N–H and O–H groups in total. The van der Waals surface area contributed by atoms with Crippen LogP contribution in [0.4, 0.5) is 5.69 Å². The summed E-state index contributed by atoms with van der Waals surface area (Å²) in [7, 11) is 0. The summed E-state index contributed by atoms with van der Waals surface area (Å²) in [6.07, 6.45) is 7.74. The predicted octanol–water partition coefficient (Wildman–Crippen LogP) is 2.36. The lowest BCUT2D eigenvalue weighted by Gasteiger charge is -2.39. The highest BCUT2D eigenvalue weighted by molar-refractivity contribution is 5.98. The maximum Gasteiger partial charge on any atom is 0.255 e. The molecule has 1 fully saturated rings. The van der Waals surface area contributed by atoms with Gasteiger partial charge in [-0.05, 0) is 24.3 Å². The molecule has 1 unspecified atom stereocenters. The van der Waals surface area contributed by atoms with E-state index in [1.807, 2.05) is 0 Å². The van der Waals surface area contributed by atoms with Crippen molar-refractivity contribution in [3.8, 4) is 0 Å². The van der Waals surface area contributed by atoms with Crippen molar-refractivity contribution in [3.63, 3.8) is 0 Å². The number of anilines is 1. The summed E-state index contributed by atoms with van der Waals surface area (Å²) in [5, 5.41) is 3.11. The normalized spacial score (nSPS) is 22.4. The standard InChI is InChI=1S/C14H21N3O/c1-14(2)7-4-3-5-12(14)17-13(18)10-9-16-8-6-11(10)15/h6,8-9,12H,3-5,7H2,1-2H3,(H2,15,16)(H,17,18). The topological polar surface area (TPSA) is 68.0 Å². The molecule has 1 aliphatic carbocycles. The van der Waals surface area contributed by atoms with E-state index >= 15 is 0 Å². The maximum atomic E-state index is 12.2. The molecule has 0 aliphatic heterocycles. The molecule has 0 bridgehead atoms. The minimum atomic E-state index is -0.111. The van der Waals surface area contributed by atoms with Crippen LogP contribution in [0.5, 0.6) is 0 Å². The van der Waals surface area contributed by atoms with E-state index in [0.29, 0.717) is 11.3 Å². The fourth-order valence-electron chi connectivity index (χ4n) is 2.59. The molecule has 1 saturated carbocycles. The quantitative estimate of drug-likeness (QED) is 0.843. The molecule has 1 atom stereocenters. The second kappa shape index (κ2) is 4.96. The van der Waals surface area contributed by atoms with Gasteiger partial charge in [0.25, 0.3) is 5.91 Å². The van der Waals surface area contributed by atoms with Crippen molar-refractivity contribution in [2.45, 2.75) is 45.6 Å². The Morgan fingerprint density at radius 1 is 1.50 bits per heavy atom. The Balaban J connectivity index is 2.10. The molecule has 4 heteroatoms. The van der Waals surface area contributed by atoms with Crippen LogP contribution in [0.15, 0.2) is 18.5 Å². The molecule has 0 aromatic carbocycles. The Morgan fingerprint density at radius 3 is 2.94 bits per heavy atom. The third kappa shape index (κ3) is 2.63. The SMILES string of the molecule is CC1(C)CCCCC1NC(=O)c1cnccc1N. The number of nitrogens with one attached hydrogen (secondary N) is 1. The molecule has 0 radical (unpaired) electrons. The number of nitrogens with two attached hydrogens (primary N) is 1. The maximum absolute atomic E-state index is 12.2. The lowest BCUT2D eigenvalue weighted by atomic mass is 9.73. The number of hydrogen-bond donors (Lipinski definition) is 2. The van der Waals surface area contributed by atoms with E-state index in [1.54, 1.807) is 12.3 Å². The lowest BCUT2D eigenvalue weighted by molar-refractivity contribution is 0.0854. The fraction of sp³-hybridized carbons (Fsp3) is 0.571. The summed E-state index contributed by atoms with van der Waals surface area (Å²) in [5.74, 6) is -0.111. The first-order chi connectivity index (χ1) is 8.50. The van der Waals surface area contributed by atoms with E-state index in [0.717, 1.165) is 12.8 Å². The average Bonchev–Trinajstić information content (AvgIpc) is 2.32. The van der Waals surface area contributed by atoms with E-state index in [1.165, 1.54) is 19.0 Å². The Morgan fingerprint density at radius 2 is 2.28 bits per heavy atom. The van der Waals surface area contributed by atoms with E-state index < -0.39 is 0 Å². The van der Waals surface area contributed by atoms with Crippen LogP contribution in [-0.2, 0) is 0 Å². The number of hydrogen-bond acceptors (Lipinski definition) is 3. The molecule has 98 valence electrons. The largest absolute Gasteiger partial charge is 0.398 e. The molecule has 2 rings (SSSR count). The molecule has 0 saturated heterocycles. The van der Waals surface area contributed by atoms with Gasteiger partial charge in [-0.25, -0.2) is 0 Å². The van der Waals surface area contributed by atoms with Crippen molar-refractivity contribution < 1.29 is 4.79 Å². The summed E-state index contributed by atoms with van der Waals surface area (Å²) < 4.78 is 0. The zero-order valence-electron chi connectivity index (χ0n) is 11.1. The molecular formula is C14H21N3O. The Hall–Kier alpha value is -1.58. The van der Waals surface area contributed by atoms with Gasteiger partial charge >= 0.3 is 0 Å². The summed E-state index contributed by atoms with van der Waals surface area (Å²) in [5.41, 5.74) is 6.90. The van der Waals surface area contributed by atoms with Crippen LogP contribution in [0.3, 0.4) is 0 Å². The Labute approximate surface area is 108 Å². The number of amides is 1. The van der Waals surface area contributed by atoms with Crippen molar-refractivity contribution in [1.29, 1.82) is 0 Å². The highest BCUT2D eigenvalue weighted by atomic mass is 16.1. The van der Waals surface area contributed by atoms with Crippen molar-refractivity contribution in [1.82, 2.24) is 10.3 Å². The highest BCUT2D eigenvalue weighted by Gasteiger charge is 2.33. The molecular weight excluding hydrogens is 226 g/mol. The van der Waals surface area contributed by atoms with Gasteiger partial charge in [-0.3, -0.25) is 9.78 Å². The summed E-state index contributed by atoms with van der Waals surface area (Å²) in [6, 6.07) is 1.87. The van der Waals surface area contributed by atoms with E-state index in [4.69, 9.17) is 5.73 Å². The smallest absolute Gasteiger partial charge is 0.255 e. The van der Waals surface area contributed by atoms with Gasteiger partial charge in [0.15, 0.2) is 0 Å². The number of aromatic nitrogens is 1. The van der Waals surface area contributed by atoms with Gasteiger partial charge in [0.1, 0.15) is 0 Å². The van der Waals surface area contributed by atoms with Gasteiger partial charge in [0.05, 0.1) is 5.56 Å². The van der Waals surface area contributed by atoms with Crippen LogP contribution in [-0.4, -0.2) is 16.9 Å². The number of carbonyl (C=O) groups is 1. The molecule has 1 amide bonds. The van der Waals surface area contributed by atoms with Crippen molar-refractivity contribution >= 4 is 11.6 Å². The Bertz CT molecular complexity index is 442. The minimum absolute atomic E-state index is 0.111. The van der Waals surface area contributed by atoms with Gasteiger partial charge in [-0.1, -0.05) is 26.7 Å². The van der Waals surface area contributed by atoms with Gasteiger partial charge < -0.3 is 11.1 Å². The van der Waals surface area contributed by atoms with Gasteiger partial charge in [-0.2, -0.15) is 0 Å². The molecule has 18 heavy (non-hydrogen) atoms. The zero-order chi connectivity index (χ0) is 13.2. The first kappa shape index (κ1) is 12.9. The Kier molecular flexibility index (Phi) is 3.55. The van der Waals surface area contributed by atoms with Crippen LogP contribution < -0.4 is 11.1 Å². The monoisotopic (exact) mass is 247 g/mol. The third-order valence-electron chi connectivity index (χ3n) is 3.91. The number of nitrogen functional groups attached to an aromatic ring is 1. The van der Waals surface area contributed by atoms with Gasteiger partial charge in [0.2, 0.25) is 0 Å². The van der Waals surface area contributed by atoms with Crippen LogP contribution in [0, 0.1) is 5.41 Å².